The van der Waals surface area contributed by atoms with Gasteiger partial charge in [-0.2, -0.15) is 5.26 Å². The summed E-state index contributed by atoms with van der Waals surface area (Å²) in [4.78, 5) is 4.31. The standard InChI is InChI=1S/C13H14N4/c1-8-5-10(8)7-17-11-4-2-3-9(6-14)12(11)16-13(17)15/h2-4,8,10H,5,7H2,1H3,(H2,15,16). The predicted octanol–water partition coefficient (Wildman–Crippen LogP) is 2.15. The van der Waals surface area contributed by atoms with Gasteiger partial charge in [0.1, 0.15) is 11.6 Å². The third-order valence-corrected chi connectivity index (χ3v) is 3.62. The highest BCUT2D eigenvalue weighted by molar-refractivity contribution is 5.83. The largest absolute Gasteiger partial charge is 0.369 e. The van der Waals surface area contributed by atoms with Crippen LogP contribution in [0.15, 0.2) is 18.2 Å². The summed E-state index contributed by atoms with van der Waals surface area (Å²) < 4.78 is 2.03. The zero-order chi connectivity index (χ0) is 12.0. The fourth-order valence-corrected chi connectivity index (χ4v) is 2.34. The van der Waals surface area contributed by atoms with Crippen molar-refractivity contribution in [1.29, 1.82) is 5.26 Å². The van der Waals surface area contributed by atoms with Crippen molar-refractivity contribution in [3.05, 3.63) is 23.8 Å². The molecule has 0 aliphatic heterocycles. The zero-order valence-corrected chi connectivity index (χ0v) is 9.72. The lowest BCUT2D eigenvalue weighted by Gasteiger charge is -2.05. The molecule has 0 saturated heterocycles. The average Bonchev–Trinajstić information content (AvgIpc) is 2.92. The van der Waals surface area contributed by atoms with Crippen LogP contribution in [0.25, 0.3) is 11.0 Å². The predicted molar refractivity (Wildman–Crippen MR) is 66.1 cm³/mol. The summed E-state index contributed by atoms with van der Waals surface area (Å²) in [5, 5.41) is 9.03. The number of nitrogens with two attached hydrogens (primary N) is 1. The average molecular weight is 226 g/mol. The van der Waals surface area contributed by atoms with Gasteiger partial charge in [0.25, 0.3) is 0 Å². The van der Waals surface area contributed by atoms with Crippen LogP contribution in [-0.4, -0.2) is 9.55 Å². The van der Waals surface area contributed by atoms with Gasteiger partial charge in [0.2, 0.25) is 5.95 Å². The Morgan fingerprint density at radius 3 is 3.00 bits per heavy atom. The van der Waals surface area contributed by atoms with Crippen LogP contribution >= 0.6 is 0 Å². The van der Waals surface area contributed by atoms with Gasteiger partial charge in [-0.15, -0.1) is 0 Å². The molecule has 1 aliphatic carbocycles. The highest BCUT2D eigenvalue weighted by atomic mass is 15.2. The molecular weight excluding hydrogens is 212 g/mol. The molecule has 0 radical (unpaired) electrons. The van der Waals surface area contributed by atoms with E-state index in [4.69, 9.17) is 11.0 Å². The van der Waals surface area contributed by atoms with Crippen LogP contribution in [0, 0.1) is 23.2 Å². The monoisotopic (exact) mass is 226 g/mol. The lowest BCUT2D eigenvalue weighted by atomic mass is 10.2. The van der Waals surface area contributed by atoms with Crippen LogP contribution in [0.4, 0.5) is 5.95 Å². The van der Waals surface area contributed by atoms with Crippen molar-refractivity contribution < 1.29 is 0 Å². The number of para-hydroxylation sites is 1. The number of nitrogen functional groups attached to an aromatic ring is 1. The Labute approximate surface area is 99.7 Å². The van der Waals surface area contributed by atoms with E-state index in [1.54, 1.807) is 6.07 Å². The normalized spacial score (nSPS) is 22.6. The molecule has 1 saturated carbocycles. The molecule has 4 heteroatoms. The van der Waals surface area contributed by atoms with Crippen molar-refractivity contribution in [2.75, 3.05) is 5.73 Å². The molecular formula is C13H14N4. The number of imidazole rings is 1. The second-order valence-electron chi connectivity index (χ2n) is 4.84. The van der Waals surface area contributed by atoms with E-state index in [0.717, 1.165) is 23.5 Å². The molecule has 2 atom stereocenters. The summed E-state index contributed by atoms with van der Waals surface area (Å²) in [6, 6.07) is 7.80. The van der Waals surface area contributed by atoms with Crippen molar-refractivity contribution in [3.8, 4) is 6.07 Å². The number of fused-ring (bicyclic) bond motifs is 1. The van der Waals surface area contributed by atoms with Gasteiger partial charge in [0.05, 0.1) is 11.1 Å². The van der Waals surface area contributed by atoms with Crippen LogP contribution < -0.4 is 5.73 Å². The highest BCUT2D eigenvalue weighted by Crippen LogP contribution is 2.40. The fraction of sp³-hybridized carbons (Fsp3) is 0.385. The number of aromatic nitrogens is 2. The third kappa shape index (κ3) is 1.55. The maximum Gasteiger partial charge on any atom is 0.201 e. The summed E-state index contributed by atoms with van der Waals surface area (Å²) >= 11 is 0. The van der Waals surface area contributed by atoms with E-state index in [1.807, 2.05) is 16.7 Å². The van der Waals surface area contributed by atoms with Crippen molar-refractivity contribution in [2.45, 2.75) is 19.9 Å². The van der Waals surface area contributed by atoms with Crippen LogP contribution in [0.2, 0.25) is 0 Å². The molecule has 1 aromatic carbocycles. The molecule has 2 unspecified atom stereocenters. The molecule has 0 bridgehead atoms. The summed E-state index contributed by atoms with van der Waals surface area (Å²) in [6.45, 7) is 3.17. The minimum atomic E-state index is 0.516. The topological polar surface area (TPSA) is 67.6 Å². The molecule has 86 valence electrons. The quantitative estimate of drug-likeness (QED) is 0.853. The minimum Gasteiger partial charge on any atom is -0.369 e. The number of nitriles is 1. The molecule has 4 nitrogen and oxygen atoms in total. The summed E-state index contributed by atoms with van der Waals surface area (Å²) in [5.74, 6) is 2.01. The first-order valence-corrected chi connectivity index (χ1v) is 5.85. The van der Waals surface area contributed by atoms with Crippen molar-refractivity contribution in [2.24, 2.45) is 11.8 Å². The molecule has 3 rings (SSSR count). The first-order valence-electron chi connectivity index (χ1n) is 5.85. The maximum atomic E-state index is 9.03. The van der Waals surface area contributed by atoms with E-state index in [9.17, 15) is 0 Å². The van der Waals surface area contributed by atoms with Gasteiger partial charge >= 0.3 is 0 Å². The van der Waals surface area contributed by atoms with Gasteiger partial charge in [-0.1, -0.05) is 13.0 Å². The molecule has 2 N–H and O–H groups in total. The summed E-state index contributed by atoms with van der Waals surface area (Å²) in [7, 11) is 0. The minimum absolute atomic E-state index is 0.516. The zero-order valence-electron chi connectivity index (χ0n) is 9.72. The number of benzene rings is 1. The molecule has 17 heavy (non-hydrogen) atoms. The number of rotatable bonds is 2. The Morgan fingerprint density at radius 2 is 2.35 bits per heavy atom. The highest BCUT2D eigenvalue weighted by Gasteiger charge is 2.33. The van der Waals surface area contributed by atoms with E-state index in [0.29, 0.717) is 17.4 Å². The lowest BCUT2D eigenvalue weighted by molar-refractivity contribution is 0.613. The van der Waals surface area contributed by atoms with E-state index < -0.39 is 0 Å². The maximum absolute atomic E-state index is 9.03. The van der Waals surface area contributed by atoms with Gasteiger partial charge < -0.3 is 10.3 Å². The molecule has 2 aromatic rings. The van der Waals surface area contributed by atoms with Crippen LogP contribution in [0.5, 0.6) is 0 Å². The first kappa shape index (κ1) is 10.2. The van der Waals surface area contributed by atoms with Crippen molar-refractivity contribution in [3.63, 3.8) is 0 Å². The van der Waals surface area contributed by atoms with Crippen molar-refractivity contribution >= 4 is 17.0 Å². The van der Waals surface area contributed by atoms with Gasteiger partial charge in [-0.3, -0.25) is 0 Å². The van der Waals surface area contributed by atoms with E-state index in [1.165, 1.54) is 6.42 Å². The molecule has 1 fully saturated rings. The van der Waals surface area contributed by atoms with E-state index >= 15 is 0 Å². The second-order valence-corrected chi connectivity index (χ2v) is 4.84. The SMILES string of the molecule is CC1CC1Cn1c(N)nc2c(C#N)cccc21. The number of anilines is 1. The van der Waals surface area contributed by atoms with Gasteiger partial charge in [-0.25, -0.2) is 4.98 Å². The lowest BCUT2D eigenvalue weighted by Crippen LogP contribution is -2.05. The fourth-order valence-electron chi connectivity index (χ4n) is 2.34. The Kier molecular flexibility index (Phi) is 2.08. The smallest absolute Gasteiger partial charge is 0.201 e. The Morgan fingerprint density at radius 1 is 1.59 bits per heavy atom. The second kappa shape index (κ2) is 3.49. The van der Waals surface area contributed by atoms with Gasteiger partial charge in [-0.05, 0) is 30.4 Å². The van der Waals surface area contributed by atoms with Crippen molar-refractivity contribution in [1.82, 2.24) is 9.55 Å². The number of hydrogen-bond donors (Lipinski definition) is 1. The summed E-state index contributed by atoms with van der Waals surface area (Å²) in [6.07, 6.45) is 1.26. The van der Waals surface area contributed by atoms with Crippen LogP contribution in [-0.2, 0) is 6.54 Å². The number of nitrogens with zero attached hydrogens (tertiary/aromatic N) is 3. The Hall–Kier alpha value is -2.02. The molecule has 1 aliphatic rings. The Bertz CT molecular complexity index is 620. The summed E-state index contributed by atoms with van der Waals surface area (Å²) in [5.41, 5.74) is 8.23. The van der Waals surface area contributed by atoms with Crippen LogP contribution in [0.3, 0.4) is 0 Å². The van der Waals surface area contributed by atoms with E-state index in [-0.39, 0.29) is 0 Å². The molecule has 0 spiro atoms. The molecule has 0 amide bonds. The third-order valence-electron chi connectivity index (χ3n) is 3.62. The number of hydrogen-bond acceptors (Lipinski definition) is 3. The van der Waals surface area contributed by atoms with Gasteiger partial charge in [0, 0.05) is 6.54 Å². The Balaban J connectivity index is 2.11. The molecule has 1 heterocycles. The molecule has 1 aromatic heterocycles. The first-order chi connectivity index (χ1) is 8.20. The van der Waals surface area contributed by atoms with Crippen LogP contribution in [0.1, 0.15) is 18.9 Å². The van der Waals surface area contributed by atoms with Gasteiger partial charge in [0.15, 0.2) is 0 Å². The van der Waals surface area contributed by atoms with E-state index in [2.05, 4.69) is 18.0 Å².